The van der Waals surface area contributed by atoms with Gasteiger partial charge in [0.2, 0.25) is 5.92 Å². The number of alkyl halides is 2. The van der Waals surface area contributed by atoms with Gasteiger partial charge in [0.05, 0.1) is 17.7 Å². The third kappa shape index (κ3) is 3.79. The van der Waals surface area contributed by atoms with Gasteiger partial charge in [-0.2, -0.15) is 0 Å². The zero-order valence-electron chi connectivity index (χ0n) is 16.9. The SMILES string of the molecule is COC(=O)c1cc(Cl)c2c(c1C)O[C@@](C)(C1CCN(CC3CC(F)(F)C3)CC1)O2. The van der Waals surface area contributed by atoms with Gasteiger partial charge in [-0.25, -0.2) is 13.6 Å². The van der Waals surface area contributed by atoms with E-state index in [1.807, 2.05) is 6.92 Å². The largest absolute Gasteiger partial charge is 0.465 e. The van der Waals surface area contributed by atoms with E-state index < -0.39 is 17.7 Å². The van der Waals surface area contributed by atoms with Crippen LogP contribution in [0.15, 0.2) is 6.07 Å². The Labute approximate surface area is 174 Å². The van der Waals surface area contributed by atoms with E-state index in [0.717, 1.165) is 32.5 Å². The Bertz CT molecular complexity index is 817. The molecule has 1 atom stereocenters. The Morgan fingerprint density at radius 1 is 1.28 bits per heavy atom. The van der Waals surface area contributed by atoms with Crippen molar-refractivity contribution >= 4 is 17.6 Å². The lowest BCUT2D eigenvalue weighted by molar-refractivity contribution is -0.134. The predicted molar refractivity (Wildman–Crippen MR) is 104 cm³/mol. The van der Waals surface area contributed by atoms with Crippen molar-refractivity contribution in [2.75, 3.05) is 26.7 Å². The van der Waals surface area contributed by atoms with Crippen molar-refractivity contribution in [3.63, 3.8) is 0 Å². The highest BCUT2D eigenvalue weighted by atomic mass is 35.5. The van der Waals surface area contributed by atoms with Crippen LogP contribution in [0.5, 0.6) is 11.5 Å². The van der Waals surface area contributed by atoms with Crippen LogP contribution >= 0.6 is 11.6 Å². The minimum Gasteiger partial charge on any atom is -0.465 e. The summed E-state index contributed by atoms with van der Waals surface area (Å²) in [6, 6.07) is 1.55. The Morgan fingerprint density at radius 3 is 2.48 bits per heavy atom. The molecule has 0 unspecified atom stereocenters. The molecule has 1 saturated carbocycles. The minimum absolute atomic E-state index is 0.00643. The van der Waals surface area contributed by atoms with Gasteiger partial charge in [-0.15, -0.1) is 0 Å². The number of fused-ring (bicyclic) bond motifs is 1. The van der Waals surface area contributed by atoms with Crippen LogP contribution in [-0.2, 0) is 4.74 Å². The van der Waals surface area contributed by atoms with Gasteiger partial charge in [-0.1, -0.05) is 11.6 Å². The van der Waals surface area contributed by atoms with Crippen molar-refractivity contribution < 1.29 is 27.8 Å². The monoisotopic (exact) mass is 429 g/mol. The number of piperidine rings is 1. The van der Waals surface area contributed by atoms with Crippen LogP contribution < -0.4 is 9.47 Å². The first-order chi connectivity index (χ1) is 13.6. The maximum atomic E-state index is 13.1. The van der Waals surface area contributed by atoms with Crippen molar-refractivity contribution in [3.05, 3.63) is 22.2 Å². The molecule has 3 aliphatic rings. The number of hydrogen-bond acceptors (Lipinski definition) is 5. The van der Waals surface area contributed by atoms with E-state index in [2.05, 4.69) is 4.90 Å². The van der Waals surface area contributed by atoms with Crippen LogP contribution in [0.3, 0.4) is 0 Å². The fraction of sp³-hybridized carbons (Fsp3) is 0.667. The molecule has 1 saturated heterocycles. The van der Waals surface area contributed by atoms with Gasteiger partial charge in [0.15, 0.2) is 11.5 Å². The van der Waals surface area contributed by atoms with Crippen molar-refractivity contribution in [2.45, 2.75) is 51.2 Å². The van der Waals surface area contributed by atoms with Gasteiger partial charge in [0.25, 0.3) is 5.79 Å². The van der Waals surface area contributed by atoms with Gasteiger partial charge in [0.1, 0.15) is 0 Å². The molecule has 0 bridgehead atoms. The molecule has 2 fully saturated rings. The van der Waals surface area contributed by atoms with Crippen LogP contribution in [-0.4, -0.2) is 49.3 Å². The Balaban J connectivity index is 1.41. The average molecular weight is 430 g/mol. The van der Waals surface area contributed by atoms with E-state index >= 15 is 0 Å². The number of carbonyl (C=O) groups is 1. The molecular formula is C21H26ClF2NO4. The van der Waals surface area contributed by atoms with Crippen LogP contribution in [0.1, 0.15) is 48.5 Å². The Morgan fingerprint density at radius 2 is 1.90 bits per heavy atom. The van der Waals surface area contributed by atoms with Crippen molar-refractivity contribution in [1.82, 2.24) is 4.90 Å². The summed E-state index contributed by atoms with van der Waals surface area (Å²) < 4.78 is 43.3. The molecule has 1 aromatic carbocycles. The second-order valence-electron chi connectivity index (χ2n) is 8.61. The topological polar surface area (TPSA) is 48.0 Å². The number of nitrogens with zero attached hydrogens (tertiary/aromatic N) is 1. The van der Waals surface area contributed by atoms with Crippen molar-refractivity contribution in [1.29, 1.82) is 0 Å². The molecule has 1 aromatic rings. The summed E-state index contributed by atoms with van der Waals surface area (Å²) in [5.74, 6) is -2.64. The highest BCUT2D eigenvalue weighted by Crippen LogP contribution is 2.51. The summed E-state index contributed by atoms with van der Waals surface area (Å²) in [7, 11) is 1.32. The Kier molecular flexibility index (Phi) is 5.18. The number of benzene rings is 1. The summed E-state index contributed by atoms with van der Waals surface area (Å²) in [6.07, 6.45) is 1.70. The normalized spacial score (nSPS) is 27.0. The molecule has 0 N–H and O–H groups in total. The third-order valence-electron chi connectivity index (χ3n) is 6.47. The fourth-order valence-electron chi connectivity index (χ4n) is 4.75. The number of hydrogen-bond donors (Lipinski definition) is 0. The second kappa shape index (κ2) is 7.27. The summed E-state index contributed by atoms with van der Waals surface area (Å²) in [4.78, 5) is 14.3. The van der Waals surface area contributed by atoms with Gasteiger partial charge in [0, 0.05) is 37.8 Å². The number of methoxy groups -OCH3 is 1. The number of carbonyl (C=O) groups excluding carboxylic acids is 1. The Hall–Kier alpha value is -1.60. The summed E-state index contributed by atoms with van der Waals surface area (Å²) in [5, 5.41) is 0.318. The summed E-state index contributed by atoms with van der Waals surface area (Å²) >= 11 is 6.36. The summed E-state index contributed by atoms with van der Waals surface area (Å²) in [5.41, 5.74) is 1.000. The quantitative estimate of drug-likeness (QED) is 0.650. The molecule has 2 heterocycles. The van der Waals surface area contributed by atoms with Crippen LogP contribution in [0.4, 0.5) is 8.78 Å². The first-order valence-electron chi connectivity index (χ1n) is 10.0. The average Bonchev–Trinajstić information content (AvgIpc) is 3.03. The molecule has 0 amide bonds. The lowest BCUT2D eigenvalue weighted by atomic mass is 9.80. The number of ether oxygens (including phenoxy) is 3. The first-order valence-corrected chi connectivity index (χ1v) is 10.4. The van der Waals surface area contributed by atoms with Gasteiger partial charge < -0.3 is 19.1 Å². The zero-order chi connectivity index (χ0) is 21.0. The molecular weight excluding hydrogens is 404 g/mol. The number of likely N-dealkylation sites (tertiary alicyclic amines) is 1. The smallest absolute Gasteiger partial charge is 0.338 e. The van der Waals surface area contributed by atoms with E-state index in [9.17, 15) is 13.6 Å². The molecule has 0 spiro atoms. The predicted octanol–water partition coefficient (Wildman–Crippen LogP) is 4.68. The molecule has 5 nitrogen and oxygen atoms in total. The lowest BCUT2D eigenvalue weighted by Crippen LogP contribution is -2.50. The molecule has 0 aromatic heterocycles. The maximum Gasteiger partial charge on any atom is 0.338 e. The fourth-order valence-corrected chi connectivity index (χ4v) is 4.99. The molecule has 4 rings (SSSR count). The van der Waals surface area contributed by atoms with Gasteiger partial charge >= 0.3 is 5.97 Å². The third-order valence-corrected chi connectivity index (χ3v) is 6.75. The van der Waals surface area contributed by atoms with E-state index in [4.69, 9.17) is 25.8 Å². The minimum atomic E-state index is -2.46. The lowest BCUT2D eigenvalue weighted by Gasteiger charge is -2.42. The van der Waals surface area contributed by atoms with Gasteiger partial charge in [-0.05, 0) is 44.8 Å². The van der Waals surface area contributed by atoms with Crippen molar-refractivity contribution in [2.24, 2.45) is 11.8 Å². The van der Waals surface area contributed by atoms with Crippen LogP contribution in [0.2, 0.25) is 5.02 Å². The second-order valence-corrected chi connectivity index (χ2v) is 9.01. The highest BCUT2D eigenvalue weighted by molar-refractivity contribution is 6.32. The molecule has 160 valence electrons. The van der Waals surface area contributed by atoms with E-state index in [1.165, 1.54) is 7.11 Å². The molecule has 8 heteroatoms. The zero-order valence-corrected chi connectivity index (χ0v) is 17.7. The van der Waals surface area contributed by atoms with E-state index in [1.54, 1.807) is 13.0 Å². The highest BCUT2D eigenvalue weighted by Gasteiger charge is 2.49. The number of esters is 1. The van der Waals surface area contributed by atoms with Crippen LogP contribution in [0.25, 0.3) is 0 Å². The number of rotatable bonds is 4. The molecule has 1 aliphatic carbocycles. The van der Waals surface area contributed by atoms with Crippen LogP contribution in [0, 0.1) is 18.8 Å². The summed E-state index contributed by atoms with van der Waals surface area (Å²) in [6.45, 7) is 6.06. The maximum absolute atomic E-state index is 13.1. The van der Waals surface area contributed by atoms with Crippen molar-refractivity contribution in [3.8, 4) is 11.5 Å². The number of halogens is 3. The standard InChI is InChI=1S/C21H26ClF2NO4/c1-12-15(19(26)27-3)8-16(22)18-17(12)28-20(2,29-18)14-4-6-25(7-5-14)11-13-9-21(23,24)10-13/h8,13-14H,4-7,9-11H2,1-3H3/t20-/m1/s1. The van der Waals surface area contributed by atoms with Gasteiger partial charge in [-0.3, -0.25) is 0 Å². The van der Waals surface area contributed by atoms with E-state index in [-0.39, 0.29) is 24.7 Å². The van der Waals surface area contributed by atoms with E-state index in [0.29, 0.717) is 27.6 Å². The molecule has 29 heavy (non-hydrogen) atoms. The molecule has 2 aliphatic heterocycles. The molecule has 0 radical (unpaired) electrons. The first kappa shape index (κ1) is 20.7.